The van der Waals surface area contributed by atoms with Crippen molar-refractivity contribution in [2.75, 3.05) is 33.9 Å². The molecule has 6 nitrogen and oxygen atoms in total. The van der Waals surface area contributed by atoms with Crippen molar-refractivity contribution >= 4 is 17.4 Å². The lowest BCUT2D eigenvalue weighted by atomic mass is 10.00. The SMILES string of the molecule is COc1ccc(CNC(=O)N2CCC(N3CCc4sccc4C3)CC2)cc1OC. The van der Waals surface area contributed by atoms with E-state index in [0.29, 0.717) is 24.1 Å². The van der Waals surface area contributed by atoms with Crippen molar-refractivity contribution in [3.63, 3.8) is 0 Å². The molecule has 4 rings (SSSR count). The predicted octanol–water partition coefficient (Wildman–Crippen LogP) is 3.50. The summed E-state index contributed by atoms with van der Waals surface area (Å²) in [7, 11) is 3.23. The Labute approximate surface area is 176 Å². The molecular formula is C22H29N3O3S. The van der Waals surface area contributed by atoms with Crippen molar-refractivity contribution in [1.29, 1.82) is 0 Å². The molecule has 7 heteroatoms. The molecule has 3 heterocycles. The molecule has 0 saturated carbocycles. The molecule has 2 aliphatic heterocycles. The number of methoxy groups -OCH3 is 2. The molecule has 0 atom stereocenters. The molecule has 2 aliphatic rings. The lowest BCUT2D eigenvalue weighted by molar-refractivity contribution is 0.108. The molecule has 0 spiro atoms. The van der Waals surface area contributed by atoms with Crippen LogP contribution in [0.4, 0.5) is 4.79 Å². The van der Waals surface area contributed by atoms with E-state index in [9.17, 15) is 4.79 Å². The Morgan fingerprint density at radius 3 is 2.69 bits per heavy atom. The van der Waals surface area contributed by atoms with Crippen LogP contribution in [-0.4, -0.2) is 55.7 Å². The summed E-state index contributed by atoms with van der Waals surface area (Å²) >= 11 is 1.88. The molecule has 2 amide bonds. The highest BCUT2D eigenvalue weighted by Gasteiger charge is 2.29. The third-order valence-corrected chi connectivity index (χ3v) is 7.02. The first kappa shape index (κ1) is 20.0. The lowest BCUT2D eigenvalue weighted by Gasteiger charge is -2.40. The first-order valence-corrected chi connectivity index (χ1v) is 11.1. The van der Waals surface area contributed by atoms with Gasteiger partial charge in [-0.3, -0.25) is 4.90 Å². The van der Waals surface area contributed by atoms with Crippen LogP contribution in [0, 0.1) is 0 Å². The van der Waals surface area contributed by atoms with Gasteiger partial charge >= 0.3 is 6.03 Å². The molecule has 2 aromatic rings. The zero-order chi connectivity index (χ0) is 20.2. The minimum atomic E-state index is 0.0111. The Kier molecular flexibility index (Phi) is 6.25. The van der Waals surface area contributed by atoms with Gasteiger partial charge in [-0.2, -0.15) is 0 Å². The Bertz CT molecular complexity index is 846. The van der Waals surface area contributed by atoms with Crippen molar-refractivity contribution in [2.24, 2.45) is 0 Å². The number of amides is 2. The summed E-state index contributed by atoms with van der Waals surface area (Å²) in [6.07, 6.45) is 3.26. The van der Waals surface area contributed by atoms with Gasteiger partial charge in [0.1, 0.15) is 0 Å². The third kappa shape index (κ3) is 4.51. The third-order valence-electron chi connectivity index (χ3n) is 6.00. The second-order valence-electron chi connectivity index (χ2n) is 7.66. The highest BCUT2D eigenvalue weighted by molar-refractivity contribution is 7.10. The number of ether oxygens (including phenoxy) is 2. The van der Waals surface area contributed by atoms with Crippen LogP contribution in [0.15, 0.2) is 29.6 Å². The summed E-state index contributed by atoms with van der Waals surface area (Å²) in [6.45, 7) is 4.32. The van der Waals surface area contributed by atoms with Gasteiger partial charge in [0.2, 0.25) is 0 Å². The van der Waals surface area contributed by atoms with Gasteiger partial charge in [0.25, 0.3) is 0 Å². The number of carbonyl (C=O) groups excluding carboxylic acids is 1. The average molecular weight is 416 g/mol. The number of hydrogen-bond acceptors (Lipinski definition) is 5. The number of urea groups is 1. The van der Waals surface area contributed by atoms with Crippen LogP contribution >= 0.6 is 11.3 Å². The van der Waals surface area contributed by atoms with Crippen molar-refractivity contribution in [1.82, 2.24) is 15.1 Å². The van der Waals surface area contributed by atoms with Gasteiger partial charge in [0.15, 0.2) is 11.5 Å². The van der Waals surface area contributed by atoms with Crippen molar-refractivity contribution in [3.8, 4) is 11.5 Å². The molecule has 0 unspecified atom stereocenters. The molecule has 29 heavy (non-hydrogen) atoms. The van der Waals surface area contributed by atoms with Crippen LogP contribution in [0.1, 0.15) is 28.8 Å². The summed E-state index contributed by atoms with van der Waals surface area (Å²) in [4.78, 5) is 18.7. The summed E-state index contributed by atoms with van der Waals surface area (Å²) in [6, 6.07) is 8.57. The first-order valence-electron chi connectivity index (χ1n) is 10.2. The summed E-state index contributed by atoms with van der Waals surface area (Å²) in [5, 5.41) is 5.25. The first-order chi connectivity index (χ1) is 14.2. The van der Waals surface area contributed by atoms with E-state index in [1.807, 2.05) is 34.4 Å². The molecule has 1 fully saturated rings. The maximum absolute atomic E-state index is 12.6. The summed E-state index contributed by atoms with van der Waals surface area (Å²) in [5.41, 5.74) is 2.49. The number of carbonyl (C=O) groups is 1. The summed E-state index contributed by atoms with van der Waals surface area (Å²) in [5.74, 6) is 1.37. The van der Waals surface area contributed by atoms with E-state index in [1.54, 1.807) is 19.1 Å². The van der Waals surface area contributed by atoms with E-state index >= 15 is 0 Å². The smallest absolute Gasteiger partial charge is 0.317 e. The second kappa shape index (κ2) is 9.05. The van der Waals surface area contributed by atoms with Crippen molar-refractivity contribution in [2.45, 2.75) is 38.4 Å². The molecule has 0 aliphatic carbocycles. The van der Waals surface area contributed by atoms with Crippen molar-refractivity contribution in [3.05, 3.63) is 45.6 Å². The molecule has 0 bridgehead atoms. The van der Waals surface area contributed by atoms with E-state index in [0.717, 1.165) is 44.6 Å². The van der Waals surface area contributed by atoms with Crippen LogP contribution in [0.5, 0.6) is 11.5 Å². The van der Waals surface area contributed by atoms with E-state index < -0.39 is 0 Å². The van der Waals surface area contributed by atoms with Gasteiger partial charge in [-0.15, -0.1) is 11.3 Å². The molecule has 1 saturated heterocycles. The number of thiophene rings is 1. The van der Waals surface area contributed by atoms with E-state index in [1.165, 1.54) is 12.0 Å². The zero-order valence-electron chi connectivity index (χ0n) is 17.1. The fraction of sp³-hybridized carbons (Fsp3) is 0.500. The highest BCUT2D eigenvalue weighted by Crippen LogP contribution is 2.29. The molecule has 0 radical (unpaired) electrons. The number of likely N-dealkylation sites (tertiary alicyclic amines) is 1. The quantitative estimate of drug-likeness (QED) is 0.812. The Morgan fingerprint density at radius 1 is 1.14 bits per heavy atom. The molecule has 1 N–H and O–H groups in total. The topological polar surface area (TPSA) is 54.0 Å². The largest absolute Gasteiger partial charge is 0.493 e. The van der Waals surface area contributed by atoms with Gasteiger partial charge < -0.3 is 19.7 Å². The van der Waals surface area contributed by atoms with E-state index in [-0.39, 0.29) is 6.03 Å². The maximum atomic E-state index is 12.6. The summed E-state index contributed by atoms with van der Waals surface area (Å²) < 4.78 is 10.6. The fourth-order valence-electron chi connectivity index (χ4n) is 4.30. The van der Waals surface area contributed by atoms with Crippen LogP contribution in [0.3, 0.4) is 0 Å². The lowest BCUT2D eigenvalue weighted by Crippen LogP contribution is -2.50. The Balaban J connectivity index is 1.25. The van der Waals surface area contributed by atoms with Gasteiger partial charge in [0, 0.05) is 43.6 Å². The normalized spacial score (nSPS) is 17.7. The van der Waals surface area contributed by atoms with Gasteiger partial charge in [-0.1, -0.05) is 6.07 Å². The van der Waals surface area contributed by atoms with Gasteiger partial charge in [-0.25, -0.2) is 4.79 Å². The number of fused-ring (bicyclic) bond motifs is 1. The molecule has 1 aromatic carbocycles. The second-order valence-corrected chi connectivity index (χ2v) is 8.66. The highest BCUT2D eigenvalue weighted by atomic mass is 32.1. The standard InChI is InChI=1S/C22H29N3O3S/c1-27-19-4-3-16(13-20(19)28-2)14-23-22(26)24-9-5-18(6-10-24)25-11-7-21-17(15-25)8-12-29-21/h3-4,8,12-13,18H,5-7,9-11,14-15H2,1-2H3,(H,23,26). The van der Waals surface area contributed by atoms with E-state index in [4.69, 9.17) is 9.47 Å². The average Bonchev–Trinajstić information content (AvgIpc) is 3.25. The monoisotopic (exact) mass is 415 g/mol. The van der Waals surface area contributed by atoms with Gasteiger partial charge in [0.05, 0.1) is 14.2 Å². The fourth-order valence-corrected chi connectivity index (χ4v) is 5.19. The number of piperidine rings is 1. The number of nitrogens with zero attached hydrogens (tertiary/aromatic N) is 2. The molecule has 156 valence electrons. The number of hydrogen-bond donors (Lipinski definition) is 1. The predicted molar refractivity (Wildman–Crippen MR) is 115 cm³/mol. The minimum Gasteiger partial charge on any atom is -0.493 e. The van der Waals surface area contributed by atoms with Gasteiger partial charge in [-0.05, 0) is 54.0 Å². The van der Waals surface area contributed by atoms with E-state index in [2.05, 4.69) is 21.7 Å². The van der Waals surface area contributed by atoms with Crippen LogP contribution in [0.2, 0.25) is 0 Å². The van der Waals surface area contributed by atoms with Crippen LogP contribution in [0.25, 0.3) is 0 Å². The van der Waals surface area contributed by atoms with Crippen LogP contribution < -0.4 is 14.8 Å². The number of rotatable bonds is 5. The van der Waals surface area contributed by atoms with Crippen molar-refractivity contribution < 1.29 is 14.3 Å². The van der Waals surface area contributed by atoms with Crippen LogP contribution in [-0.2, 0) is 19.5 Å². The number of benzene rings is 1. The minimum absolute atomic E-state index is 0.0111. The molecule has 1 aromatic heterocycles. The zero-order valence-corrected chi connectivity index (χ0v) is 18.0. The molecular weight excluding hydrogens is 386 g/mol. The number of nitrogens with one attached hydrogen (secondary N) is 1. The Morgan fingerprint density at radius 2 is 1.93 bits per heavy atom. The Hall–Kier alpha value is -2.25. The maximum Gasteiger partial charge on any atom is 0.317 e.